The fraction of sp³-hybridized carbons (Fsp3) is 0.294. The number of benzene rings is 2. The zero-order valence-electron chi connectivity index (χ0n) is 10.8. The summed E-state index contributed by atoms with van der Waals surface area (Å²) >= 11 is 3.83. The Bertz CT molecular complexity index is 538. The van der Waals surface area contributed by atoms with Crippen molar-refractivity contribution >= 4 is 15.9 Å². The summed E-state index contributed by atoms with van der Waals surface area (Å²) in [4.78, 5) is 0.475. The van der Waals surface area contributed by atoms with Gasteiger partial charge in [-0.15, -0.1) is 0 Å². The van der Waals surface area contributed by atoms with E-state index in [0.717, 1.165) is 25.2 Å². The molecule has 2 unspecified atom stereocenters. The second-order valence-corrected chi connectivity index (χ2v) is 6.00. The average molecular weight is 317 g/mol. The summed E-state index contributed by atoms with van der Waals surface area (Å²) < 4.78 is 5.79. The van der Waals surface area contributed by atoms with Crippen LogP contribution in [0.25, 0.3) is 0 Å². The molecule has 2 atom stereocenters. The first-order valence-electron chi connectivity index (χ1n) is 6.74. The molecule has 0 radical (unpaired) electrons. The Morgan fingerprint density at radius 1 is 1.00 bits per heavy atom. The fourth-order valence-corrected chi connectivity index (χ4v) is 3.62. The van der Waals surface area contributed by atoms with Crippen LogP contribution in [0, 0.1) is 5.92 Å². The number of para-hydroxylation sites is 1. The van der Waals surface area contributed by atoms with Crippen LogP contribution in [0.1, 0.15) is 22.4 Å². The van der Waals surface area contributed by atoms with E-state index in [0.29, 0.717) is 10.7 Å². The molecule has 1 aliphatic rings. The Hall–Kier alpha value is -1.28. The summed E-state index contributed by atoms with van der Waals surface area (Å²) in [5, 5.41) is 0. The number of alkyl halides is 1. The van der Waals surface area contributed by atoms with Gasteiger partial charge in [0.15, 0.2) is 0 Å². The van der Waals surface area contributed by atoms with Gasteiger partial charge in [0.25, 0.3) is 0 Å². The first-order valence-corrected chi connectivity index (χ1v) is 7.66. The summed E-state index contributed by atoms with van der Waals surface area (Å²) in [6.07, 6.45) is 2.24. The van der Waals surface area contributed by atoms with Crippen molar-refractivity contribution in [3.05, 3.63) is 65.7 Å². The van der Waals surface area contributed by atoms with Crippen LogP contribution in [-0.4, -0.2) is 6.61 Å². The lowest BCUT2D eigenvalue weighted by Crippen LogP contribution is -2.08. The van der Waals surface area contributed by atoms with Gasteiger partial charge < -0.3 is 4.74 Å². The minimum Gasteiger partial charge on any atom is -0.494 e. The first-order chi connectivity index (χ1) is 9.34. The van der Waals surface area contributed by atoms with Gasteiger partial charge in [-0.3, -0.25) is 0 Å². The highest BCUT2D eigenvalue weighted by Crippen LogP contribution is 2.43. The monoisotopic (exact) mass is 316 g/mol. The van der Waals surface area contributed by atoms with Crippen molar-refractivity contribution in [2.24, 2.45) is 5.92 Å². The summed E-state index contributed by atoms with van der Waals surface area (Å²) in [6.45, 7) is 0.783. The van der Waals surface area contributed by atoms with E-state index in [2.05, 4.69) is 40.2 Å². The van der Waals surface area contributed by atoms with Gasteiger partial charge >= 0.3 is 0 Å². The molecule has 0 heterocycles. The summed E-state index contributed by atoms with van der Waals surface area (Å²) in [5.74, 6) is 1.60. The maximum atomic E-state index is 5.79. The Morgan fingerprint density at radius 2 is 1.74 bits per heavy atom. The second-order valence-electron chi connectivity index (χ2n) is 5.01. The first kappa shape index (κ1) is 12.7. The largest absolute Gasteiger partial charge is 0.494 e. The summed E-state index contributed by atoms with van der Waals surface area (Å²) in [6, 6.07) is 18.8. The molecule has 19 heavy (non-hydrogen) atoms. The van der Waals surface area contributed by atoms with Gasteiger partial charge in [0.2, 0.25) is 0 Å². The van der Waals surface area contributed by atoms with Crippen molar-refractivity contribution in [1.82, 2.24) is 0 Å². The van der Waals surface area contributed by atoms with Crippen LogP contribution in [0.15, 0.2) is 54.6 Å². The molecule has 0 aliphatic heterocycles. The molecule has 0 N–H and O–H groups in total. The van der Waals surface area contributed by atoms with E-state index >= 15 is 0 Å². The number of hydrogen-bond donors (Lipinski definition) is 0. The normalized spacial score (nSPS) is 21.1. The number of ether oxygens (including phenoxy) is 1. The van der Waals surface area contributed by atoms with E-state index in [1.165, 1.54) is 11.1 Å². The maximum absolute atomic E-state index is 5.79. The predicted octanol–water partition coefficient (Wildman–Crippen LogP) is 4.76. The second kappa shape index (κ2) is 5.79. The van der Waals surface area contributed by atoms with E-state index in [4.69, 9.17) is 4.74 Å². The fourth-order valence-electron chi connectivity index (χ4n) is 2.72. The van der Waals surface area contributed by atoms with E-state index in [-0.39, 0.29) is 0 Å². The third kappa shape index (κ3) is 2.84. The van der Waals surface area contributed by atoms with Crippen LogP contribution in [0.2, 0.25) is 0 Å². The minimum atomic E-state index is 0.475. The molecule has 3 rings (SSSR count). The SMILES string of the molecule is BrC1c2ccccc2CC1CCOc1ccccc1. The van der Waals surface area contributed by atoms with Crippen molar-refractivity contribution < 1.29 is 4.74 Å². The van der Waals surface area contributed by atoms with Crippen molar-refractivity contribution in [2.45, 2.75) is 17.7 Å². The van der Waals surface area contributed by atoms with Crippen LogP contribution < -0.4 is 4.74 Å². The highest BCUT2D eigenvalue weighted by molar-refractivity contribution is 9.09. The molecule has 2 heteroatoms. The lowest BCUT2D eigenvalue weighted by molar-refractivity contribution is 0.280. The van der Waals surface area contributed by atoms with Crippen LogP contribution in [0.3, 0.4) is 0 Å². The Balaban J connectivity index is 1.55. The van der Waals surface area contributed by atoms with Crippen LogP contribution in [0.4, 0.5) is 0 Å². The molecular formula is C17H17BrO. The number of halogens is 1. The highest BCUT2D eigenvalue weighted by atomic mass is 79.9. The van der Waals surface area contributed by atoms with Gasteiger partial charge in [-0.2, -0.15) is 0 Å². The predicted molar refractivity (Wildman–Crippen MR) is 81.9 cm³/mol. The molecule has 98 valence electrons. The number of fused-ring (bicyclic) bond motifs is 1. The number of hydrogen-bond acceptors (Lipinski definition) is 1. The van der Waals surface area contributed by atoms with Gasteiger partial charge in [-0.25, -0.2) is 0 Å². The van der Waals surface area contributed by atoms with Gasteiger partial charge in [-0.1, -0.05) is 58.4 Å². The van der Waals surface area contributed by atoms with Crippen LogP contribution in [0.5, 0.6) is 5.75 Å². The molecule has 0 aromatic heterocycles. The average Bonchev–Trinajstić information content (AvgIpc) is 2.78. The maximum Gasteiger partial charge on any atom is 0.119 e. The Kier molecular flexibility index (Phi) is 3.88. The molecule has 1 nitrogen and oxygen atoms in total. The quantitative estimate of drug-likeness (QED) is 0.739. The molecule has 0 fully saturated rings. The summed E-state index contributed by atoms with van der Waals surface area (Å²) in [5.41, 5.74) is 2.93. The minimum absolute atomic E-state index is 0.475. The molecule has 0 amide bonds. The standard InChI is InChI=1S/C17H17BrO/c18-17-14(12-13-6-4-5-9-16(13)17)10-11-19-15-7-2-1-3-8-15/h1-9,14,17H,10-12H2. The van der Waals surface area contributed by atoms with Gasteiger partial charge in [0.1, 0.15) is 5.75 Å². The lowest BCUT2D eigenvalue weighted by atomic mass is 10.0. The van der Waals surface area contributed by atoms with Crippen molar-refractivity contribution in [3.8, 4) is 5.75 Å². The van der Waals surface area contributed by atoms with Gasteiger partial charge in [-0.05, 0) is 42.0 Å². The van der Waals surface area contributed by atoms with Crippen molar-refractivity contribution in [1.29, 1.82) is 0 Å². The highest BCUT2D eigenvalue weighted by Gasteiger charge is 2.29. The molecule has 0 bridgehead atoms. The van der Waals surface area contributed by atoms with Gasteiger partial charge in [0.05, 0.1) is 6.61 Å². The zero-order valence-corrected chi connectivity index (χ0v) is 12.3. The Morgan fingerprint density at radius 3 is 2.53 bits per heavy atom. The number of rotatable bonds is 4. The van der Waals surface area contributed by atoms with E-state index in [1.54, 1.807) is 0 Å². The van der Waals surface area contributed by atoms with Gasteiger partial charge in [0, 0.05) is 4.83 Å². The molecule has 0 saturated carbocycles. The van der Waals surface area contributed by atoms with E-state index in [1.807, 2.05) is 30.3 Å². The molecule has 0 spiro atoms. The Labute approximate surface area is 122 Å². The van der Waals surface area contributed by atoms with Crippen molar-refractivity contribution in [3.63, 3.8) is 0 Å². The zero-order chi connectivity index (χ0) is 13.1. The topological polar surface area (TPSA) is 9.23 Å². The van der Waals surface area contributed by atoms with Crippen LogP contribution in [-0.2, 0) is 6.42 Å². The van der Waals surface area contributed by atoms with E-state index < -0.39 is 0 Å². The third-order valence-electron chi connectivity index (χ3n) is 3.75. The molecule has 2 aromatic rings. The molecule has 2 aromatic carbocycles. The van der Waals surface area contributed by atoms with E-state index in [9.17, 15) is 0 Å². The summed E-state index contributed by atoms with van der Waals surface area (Å²) in [7, 11) is 0. The molecule has 1 aliphatic carbocycles. The lowest BCUT2D eigenvalue weighted by Gasteiger charge is -2.15. The van der Waals surface area contributed by atoms with Crippen molar-refractivity contribution in [2.75, 3.05) is 6.61 Å². The third-order valence-corrected chi connectivity index (χ3v) is 4.99. The molecular weight excluding hydrogens is 300 g/mol. The van der Waals surface area contributed by atoms with Crippen LogP contribution >= 0.6 is 15.9 Å². The smallest absolute Gasteiger partial charge is 0.119 e. The molecule has 0 saturated heterocycles.